The number of likely N-dealkylation sites (tertiary alicyclic amines) is 1. The maximum Gasteiger partial charge on any atom is 0.246 e. The lowest BCUT2D eigenvalue weighted by molar-refractivity contribution is -0.139. The highest BCUT2D eigenvalue weighted by molar-refractivity contribution is 7.99. The molecule has 11 atom stereocenters. The van der Waals surface area contributed by atoms with Gasteiger partial charge in [-0.25, -0.2) is 4.98 Å². The molecule has 16 amide bonds. The molecule has 0 spiro atoms. The molecule has 40 nitrogen and oxygen atoms in total. The van der Waals surface area contributed by atoms with Crippen LogP contribution in [0.25, 0.3) is 10.9 Å². The first-order valence-corrected chi connectivity index (χ1v) is 38.6. The molecule has 1 unspecified atom stereocenters. The molecule has 1 aliphatic rings. The number of aromatic amines is 2. The Balaban J connectivity index is 1.33. The molecule has 1 aliphatic heterocycles. The third-order valence-electron chi connectivity index (χ3n) is 16.9. The van der Waals surface area contributed by atoms with Crippen molar-refractivity contribution in [2.75, 3.05) is 103 Å². The van der Waals surface area contributed by atoms with E-state index in [9.17, 15) is 81.8 Å². The number of primary amides is 2. The molecule has 0 radical (unpaired) electrons. The molecule has 2 aromatic heterocycles. The molecule has 42 heteroatoms. The summed E-state index contributed by atoms with van der Waals surface area (Å²) in [5.74, 6) is -12.2. The second kappa shape index (κ2) is 48.6. The van der Waals surface area contributed by atoms with Gasteiger partial charge in [0.05, 0.1) is 58.3 Å². The van der Waals surface area contributed by atoms with Crippen LogP contribution in [0.2, 0.25) is 0 Å². The van der Waals surface area contributed by atoms with Crippen LogP contribution in [-0.4, -0.2) is 294 Å². The van der Waals surface area contributed by atoms with Gasteiger partial charge >= 0.3 is 0 Å². The third-order valence-corrected chi connectivity index (χ3v) is 18.4. The number of benzene rings is 1. The predicted octanol–water partition coefficient (Wildman–Crippen LogP) is -7.04. The Morgan fingerprint density at radius 3 is 1.93 bits per heavy atom. The number of imidazole rings is 1. The van der Waals surface area contributed by atoms with Crippen LogP contribution < -0.4 is 86.3 Å². The van der Waals surface area contributed by atoms with E-state index in [0.29, 0.717) is 27.9 Å². The standard InChI is InChI=1S/C69H109N21O19S2/c1-37(2)22-48(65(103)84-46(60(72)98)16-21-110-9)85-66(104)50(25-43-27-73-35-78-43)82-55(94)28-76-69(107)59(38(3)4)88-61(99)39(5)80-64(102)49(23-41-26-75-45-13-11-10-12-44(41)45)86-63(101)47(14-15-54(71)93)81-57(96)33-109-20-19-108-18-17-74-68(106)53-24-42(70)30-90(53)58(97)29-77-62(100)52(34-111-36-79-40(6)92)87-67(105)51(32-91)83-56(95)31-89(7)8/h10-13,26-27,35,37-39,42,46-53,59,75,91H,14-25,28-34,36,70H2,1-9H3,(H2,71,93)(H2,72,98)(H,73,78)(H,74,106)(H,76,107)(H,77,100)(H,79,92)(H,80,102)(H,81,96)(H,82,94)(H,83,95)(H,84,103)(H,85,104)(H,86,101)(H,87,105)(H,88,99)/t39-,42?,46-,47-,48-,49-,50-,51+,52+,53-,59-/m0/s1. The smallest absolute Gasteiger partial charge is 0.246 e. The molecule has 1 fully saturated rings. The lowest BCUT2D eigenvalue weighted by atomic mass is 10.0. The normalized spacial score (nSPS) is 15.7. The lowest BCUT2D eigenvalue weighted by Gasteiger charge is -2.26. The molecule has 3 aromatic rings. The van der Waals surface area contributed by atoms with Gasteiger partial charge in [-0.1, -0.05) is 45.9 Å². The summed E-state index contributed by atoms with van der Waals surface area (Å²) in [6.45, 7) is 6.27. The summed E-state index contributed by atoms with van der Waals surface area (Å²) in [6.07, 6.45) is 5.72. The Hall–Kier alpha value is -10.0. The van der Waals surface area contributed by atoms with Crippen LogP contribution in [0.15, 0.2) is 43.0 Å². The minimum absolute atomic E-state index is 0.0340. The van der Waals surface area contributed by atoms with E-state index in [-0.39, 0.29) is 108 Å². The van der Waals surface area contributed by atoms with Gasteiger partial charge in [0.15, 0.2) is 0 Å². The Morgan fingerprint density at radius 2 is 1.28 bits per heavy atom. The number of nitrogens with two attached hydrogens (primary N) is 3. The zero-order chi connectivity index (χ0) is 82.4. The summed E-state index contributed by atoms with van der Waals surface area (Å²) in [7, 11) is 3.25. The van der Waals surface area contributed by atoms with E-state index in [4.69, 9.17) is 26.7 Å². The van der Waals surface area contributed by atoms with E-state index in [1.54, 1.807) is 58.4 Å². The van der Waals surface area contributed by atoms with Gasteiger partial charge < -0.3 is 121 Å². The molecule has 616 valence electrons. The van der Waals surface area contributed by atoms with E-state index >= 15 is 0 Å². The second-order valence-corrected chi connectivity index (χ2v) is 29.4. The summed E-state index contributed by atoms with van der Waals surface area (Å²) in [5.41, 5.74) is 18.9. The number of likely N-dealkylation sites (N-methyl/N-ethyl adjacent to an activating group) is 1. The fourth-order valence-electron chi connectivity index (χ4n) is 11.1. The highest BCUT2D eigenvalue weighted by Gasteiger charge is 2.39. The van der Waals surface area contributed by atoms with Crippen molar-refractivity contribution < 1.29 is 91.3 Å². The average molecular weight is 1600 g/mol. The van der Waals surface area contributed by atoms with Crippen LogP contribution in [0.3, 0.4) is 0 Å². The molecule has 111 heavy (non-hydrogen) atoms. The largest absolute Gasteiger partial charge is 0.394 e. The fourth-order valence-corrected chi connectivity index (χ4v) is 12.5. The van der Waals surface area contributed by atoms with Crippen LogP contribution in [0.5, 0.6) is 0 Å². The number of H-pyrrole nitrogens is 2. The zero-order valence-corrected chi connectivity index (χ0v) is 65.5. The Kier molecular flexibility index (Phi) is 40.9. The van der Waals surface area contributed by atoms with Crippen molar-refractivity contribution in [3.63, 3.8) is 0 Å². The Morgan fingerprint density at radius 1 is 0.658 bits per heavy atom. The minimum atomic E-state index is -1.47. The van der Waals surface area contributed by atoms with Crippen LogP contribution in [-0.2, 0) is 99.0 Å². The molecule has 3 heterocycles. The summed E-state index contributed by atoms with van der Waals surface area (Å²) in [6, 6.07) is -6.33. The van der Waals surface area contributed by atoms with E-state index in [2.05, 4.69) is 84.1 Å². The van der Waals surface area contributed by atoms with Crippen molar-refractivity contribution in [1.82, 2.24) is 93.9 Å². The first-order valence-electron chi connectivity index (χ1n) is 36.0. The lowest BCUT2D eigenvalue weighted by Crippen LogP contribution is -2.59. The van der Waals surface area contributed by atoms with Gasteiger partial charge in [0.2, 0.25) is 94.5 Å². The number of ether oxygens (including phenoxy) is 2. The maximum atomic E-state index is 14.4. The number of aromatic nitrogens is 3. The molecule has 22 N–H and O–H groups in total. The number of aliphatic hydroxyl groups is 1. The number of thioether (sulfide) groups is 2. The predicted molar refractivity (Wildman–Crippen MR) is 408 cm³/mol. The van der Waals surface area contributed by atoms with E-state index in [1.165, 1.54) is 47.9 Å². The van der Waals surface area contributed by atoms with Crippen molar-refractivity contribution in [2.24, 2.45) is 29.0 Å². The summed E-state index contributed by atoms with van der Waals surface area (Å²) in [4.78, 5) is 225. The number of carbonyl (C=O) groups excluding carboxylic acids is 16. The number of para-hydroxylation sites is 1. The quantitative estimate of drug-likeness (QED) is 0.0184. The number of aliphatic hydroxyl groups excluding tert-OH is 1. The first-order chi connectivity index (χ1) is 52.6. The maximum absolute atomic E-state index is 14.4. The van der Waals surface area contributed by atoms with E-state index in [1.807, 2.05) is 20.1 Å². The Bertz CT molecular complexity index is 3640. The van der Waals surface area contributed by atoms with E-state index in [0.717, 1.165) is 11.8 Å². The first kappa shape index (κ1) is 93.4. The highest BCUT2D eigenvalue weighted by Crippen LogP contribution is 2.21. The number of rotatable bonds is 51. The molecule has 0 bridgehead atoms. The van der Waals surface area contributed by atoms with Crippen LogP contribution in [0.4, 0.5) is 0 Å². The number of carbonyl (C=O) groups is 16. The van der Waals surface area contributed by atoms with Crippen LogP contribution in [0, 0.1) is 11.8 Å². The third kappa shape index (κ3) is 34.0. The topological polar surface area (TPSA) is 597 Å². The zero-order valence-electron chi connectivity index (χ0n) is 63.9. The molecule has 4 rings (SSSR count). The van der Waals surface area contributed by atoms with Gasteiger partial charge in [0.1, 0.15) is 67.0 Å². The number of fused-ring (bicyclic) bond motifs is 1. The Labute approximate surface area is 651 Å². The molecular weight excluding hydrogens is 1490 g/mol. The van der Waals surface area contributed by atoms with Gasteiger partial charge in [-0.05, 0) is 82.2 Å². The van der Waals surface area contributed by atoms with Crippen molar-refractivity contribution in [1.29, 1.82) is 0 Å². The van der Waals surface area contributed by atoms with Crippen LogP contribution in [0.1, 0.15) is 84.9 Å². The van der Waals surface area contributed by atoms with Gasteiger partial charge in [0.25, 0.3) is 0 Å². The number of nitrogens with zero attached hydrogens (tertiary/aromatic N) is 3. The summed E-state index contributed by atoms with van der Waals surface area (Å²) in [5, 5.41) is 43.8. The molecule has 0 aliphatic carbocycles. The van der Waals surface area contributed by atoms with Gasteiger partial charge in [0, 0.05) is 80.1 Å². The van der Waals surface area contributed by atoms with Gasteiger partial charge in [-0.15, -0.1) is 11.8 Å². The van der Waals surface area contributed by atoms with Crippen molar-refractivity contribution >= 4 is 129 Å². The van der Waals surface area contributed by atoms with Crippen molar-refractivity contribution in [2.45, 2.75) is 153 Å². The van der Waals surface area contributed by atoms with Crippen molar-refractivity contribution in [3.8, 4) is 0 Å². The number of amides is 16. The van der Waals surface area contributed by atoms with Crippen LogP contribution >= 0.6 is 23.5 Å². The monoisotopic (exact) mass is 1600 g/mol. The minimum Gasteiger partial charge on any atom is -0.394 e. The fraction of sp³-hybridized carbons (Fsp3) is 0.609. The second-order valence-electron chi connectivity index (χ2n) is 27.3. The summed E-state index contributed by atoms with van der Waals surface area (Å²) < 4.78 is 11.1. The molecule has 1 saturated heterocycles. The highest BCUT2D eigenvalue weighted by atomic mass is 32.2. The SMILES string of the molecule is CSCC[C@H](NC(=O)[C@H](CC(C)C)NC(=O)[C@H](Cc1cnc[nH]1)NC(=O)CNC(=O)[C@@H](NC(=O)[C@H](C)NC(=O)[C@H](Cc1c[nH]c2ccccc12)NC(=O)[C@H](CCC(N)=O)NC(=O)COCCOCCNC(=O)[C@@H]1CC(N)CN1C(=O)CNC(=O)[C@@H](CSCNC(C)=O)NC(=O)[C@@H](CO)NC(=O)CN(C)C)C(C)C)C(N)=O. The molecule has 1 aromatic carbocycles. The van der Waals surface area contributed by atoms with Crippen molar-refractivity contribution in [3.05, 3.63) is 54.2 Å². The molecule has 0 saturated carbocycles. The van der Waals surface area contributed by atoms with Gasteiger partial charge in [-0.2, -0.15) is 11.8 Å². The van der Waals surface area contributed by atoms with E-state index < -0.39 is 187 Å². The molecular formula is C69H109N21O19S2. The number of hydrogen-bond acceptors (Lipinski definition) is 24. The number of nitrogens with one attached hydrogen (secondary N) is 15. The average Bonchev–Trinajstić information content (AvgIpc) is 1.67. The van der Waals surface area contributed by atoms with Gasteiger partial charge in [-0.3, -0.25) is 76.7 Å². The number of hydrogen-bond donors (Lipinski definition) is 19. The summed E-state index contributed by atoms with van der Waals surface area (Å²) >= 11 is 2.52.